The molecule has 29 heavy (non-hydrogen) atoms. The molecule has 1 atom stereocenters. The van der Waals surface area contributed by atoms with Crippen molar-refractivity contribution in [3.05, 3.63) is 75.8 Å². The van der Waals surface area contributed by atoms with E-state index >= 15 is 0 Å². The van der Waals surface area contributed by atoms with Crippen molar-refractivity contribution >= 4 is 17.2 Å². The molecule has 150 valence electrons. The van der Waals surface area contributed by atoms with E-state index in [1.54, 1.807) is 12.3 Å². The van der Waals surface area contributed by atoms with E-state index in [0.717, 1.165) is 36.2 Å². The van der Waals surface area contributed by atoms with Crippen LogP contribution in [0.25, 0.3) is 5.65 Å². The fourth-order valence-corrected chi connectivity index (χ4v) is 3.94. The van der Waals surface area contributed by atoms with Gasteiger partial charge in [0.15, 0.2) is 0 Å². The average Bonchev–Trinajstić information content (AvgIpc) is 2.73. The van der Waals surface area contributed by atoms with Crippen LogP contribution in [0.1, 0.15) is 47.8 Å². The Bertz CT molecular complexity index is 1110. The van der Waals surface area contributed by atoms with Gasteiger partial charge in [0.1, 0.15) is 5.65 Å². The molecule has 3 heterocycles. The molecule has 1 aromatic carbocycles. The molecule has 3 aromatic rings. The molecule has 1 saturated heterocycles. The highest BCUT2D eigenvalue weighted by Gasteiger charge is 2.24. The third-order valence-electron chi connectivity index (χ3n) is 5.62. The topological polar surface area (TPSA) is 66.7 Å². The van der Waals surface area contributed by atoms with Crippen LogP contribution in [0, 0.1) is 6.92 Å². The van der Waals surface area contributed by atoms with E-state index < -0.39 is 0 Å². The van der Waals surface area contributed by atoms with Gasteiger partial charge in [0.25, 0.3) is 11.5 Å². The van der Waals surface area contributed by atoms with Gasteiger partial charge in [-0.2, -0.15) is 0 Å². The summed E-state index contributed by atoms with van der Waals surface area (Å²) in [6.45, 7) is 5.39. The summed E-state index contributed by atoms with van der Waals surface area (Å²) in [6.07, 6.45) is 5.06. The fourth-order valence-electron chi connectivity index (χ4n) is 3.94. The second-order valence-electron chi connectivity index (χ2n) is 7.74. The van der Waals surface area contributed by atoms with Crippen molar-refractivity contribution in [2.75, 3.05) is 11.9 Å². The molecule has 1 aliphatic rings. The molecule has 0 radical (unpaired) electrons. The van der Waals surface area contributed by atoms with Crippen molar-refractivity contribution in [2.45, 2.75) is 45.7 Å². The molecule has 4 rings (SSSR count). The van der Waals surface area contributed by atoms with E-state index in [4.69, 9.17) is 0 Å². The van der Waals surface area contributed by atoms with Crippen LogP contribution in [-0.4, -0.2) is 32.8 Å². The Morgan fingerprint density at radius 3 is 2.86 bits per heavy atom. The molecule has 1 unspecified atom stereocenters. The molecule has 1 N–H and O–H groups in total. The number of hydrogen-bond acceptors (Lipinski definition) is 4. The standard InChI is InChI=1S/C23H26N4O2/c1-16-13-18(23(29)26-11-5-3-7-17(26)2)9-10-20(16)24-15-19-14-22(28)27-12-6-4-8-21(27)25-19/h4,6,8-10,12-14,17,24H,3,5,7,11,15H2,1-2H3. The molecule has 6 nitrogen and oxygen atoms in total. The third-order valence-corrected chi connectivity index (χ3v) is 5.62. The van der Waals surface area contributed by atoms with Crippen LogP contribution >= 0.6 is 0 Å². The van der Waals surface area contributed by atoms with Crippen molar-refractivity contribution in [1.82, 2.24) is 14.3 Å². The maximum absolute atomic E-state index is 12.9. The van der Waals surface area contributed by atoms with E-state index in [9.17, 15) is 9.59 Å². The number of likely N-dealkylation sites (tertiary alicyclic amines) is 1. The monoisotopic (exact) mass is 390 g/mol. The van der Waals surface area contributed by atoms with E-state index in [0.29, 0.717) is 23.9 Å². The minimum atomic E-state index is -0.0966. The molecule has 2 aromatic heterocycles. The number of piperidine rings is 1. The zero-order chi connectivity index (χ0) is 20.4. The molecule has 0 aliphatic carbocycles. The Labute approximate surface area is 170 Å². The number of fused-ring (bicyclic) bond motifs is 1. The zero-order valence-corrected chi connectivity index (χ0v) is 16.9. The summed E-state index contributed by atoms with van der Waals surface area (Å²) in [6, 6.07) is 13.1. The number of aromatic nitrogens is 2. The number of nitrogens with one attached hydrogen (secondary N) is 1. The highest BCUT2D eigenvalue weighted by atomic mass is 16.2. The molecule has 1 aliphatic heterocycles. The summed E-state index contributed by atoms with van der Waals surface area (Å²) >= 11 is 0. The fraction of sp³-hybridized carbons (Fsp3) is 0.348. The predicted octanol–water partition coefficient (Wildman–Crippen LogP) is 3.63. The van der Waals surface area contributed by atoms with Crippen molar-refractivity contribution in [3.8, 4) is 0 Å². The first-order chi connectivity index (χ1) is 14.0. The van der Waals surface area contributed by atoms with Crippen molar-refractivity contribution in [3.63, 3.8) is 0 Å². The quantitative estimate of drug-likeness (QED) is 0.739. The number of carbonyl (C=O) groups is 1. The van der Waals surface area contributed by atoms with E-state index in [1.165, 1.54) is 10.8 Å². The third kappa shape index (κ3) is 4.01. The second-order valence-corrected chi connectivity index (χ2v) is 7.74. The largest absolute Gasteiger partial charge is 0.379 e. The van der Waals surface area contributed by atoms with E-state index in [2.05, 4.69) is 17.2 Å². The molecule has 0 bridgehead atoms. The van der Waals surface area contributed by atoms with Gasteiger partial charge in [0, 0.05) is 36.1 Å². The molecule has 6 heteroatoms. The Balaban J connectivity index is 1.49. The molecule has 1 fully saturated rings. The van der Waals surface area contributed by atoms with Crippen LogP contribution in [0.15, 0.2) is 53.5 Å². The highest BCUT2D eigenvalue weighted by molar-refractivity contribution is 5.95. The lowest BCUT2D eigenvalue weighted by molar-refractivity contribution is 0.0635. The Kier molecular flexibility index (Phi) is 5.34. The predicted molar refractivity (Wildman–Crippen MR) is 114 cm³/mol. The number of nitrogens with zero attached hydrogens (tertiary/aromatic N) is 3. The summed E-state index contributed by atoms with van der Waals surface area (Å²) in [5, 5.41) is 3.34. The van der Waals surface area contributed by atoms with Crippen molar-refractivity contribution in [2.24, 2.45) is 0 Å². The summed E-state index contributed by atoms with van der Waals surface area (Å²) in [5.74, 6) is 0.107. The van der Waals surface area contributed by atoms with Gasteiger partial charge in [0.2, 0.25) is 0 Å². The number of carbonyl (C=O) groups excluding carboxylic acids is 1. The molecule has 1 amide bonds. The second kappa shape index (κ2) is 8.07. The number of amides is 1. The van der Waals surface area contributed by atoms with Gasteiger partial charge < -0.3 is 10.2 Å². The van der Waals surface area contributed by atoms with E-state index in [-0.39, 0.29) is 11.5 Å². The molecule has 0 spiro atoms. The van der Waals surface area contributed by atoms with E-state index in [1.807, 2.05) is 48.2 Å². The van der Waals surface area contributed by atoms with Crippen LogP contribution in [0.2, 0.25) is 0 Å². The van der Waals surface area contributed by atoms with Gasteiger partial charge in [-0.15, -0.1) is 0 Å². The number of hydrogen-bond donors (Lipinski definition) is 1. The van der Waals surface area contributed by atoms with Crippen molar-refractivity contribution < 1.29 is 4.79 Å². The van der Waals surface area contributed by atoms with Crippen LogP contribution < -0.4 is 10.9 Å². The maximum atomic E-state index is 12.9. The first-order valence-corrected chi connectivity index (χ1v) is 10.2. The summed E-state index contributed by atoms with van der Waals surface area (Å²) in [5.41, 5.74) is 3.87. The maximum Gasteiger partial charge on any atom is 0.258 e. The Morgan fingerprint density at radius 1 is 1.21 bits per heavy atom. The Morgan fingerprint density at radius 2 is 2.07 bits per heavy atom. The summed E-state index contributed by atoms with van der Waals surface area (Å²) < 4.78 is 1.52. The highest BCUT2D eigenvalue weighted by Crippen LogP contribution is 2.22. The number of rotatable bonds is 4. The molecular weight excluding hydrogens is 364 g/mol. The lowest BCUT2D eigenvalue weighted by atomic mass is 10.0. The lowest BCUT2D eigenvalue weighted by Gasteiger charge is -2.33. The molecular formula is C23H26N4O2. The molecule has 0 saturated carbocycles. The zero-order valence-electron chi connectivity index (χ0n) is 16.9. The Hall–Kier alpha value is -3.15. The minimum Gasteiger partial charge on any atom is -0.379 e. The lowest BCUT2D eigenvalue weighted by Crippen LogP contribution is -2.42. The number of anilines is 1. The van der Waals surface area contributed by atoms with Crippen LogP contribution in [0.5, 0.6) is 0 Å². The van der Waals surface area contributed by atoms with Gasteiger partial charge in [-0.1, -0.05) is 6.07 Å². The summed E-state index contributed by atoms with van der Waals surface area (Å²) in [4.78, 5) is 31.6. The van der Waals surface area contributed by atoms with Gasteiger partial charge in [0.05, 0.1) is 12.2 Å². The minimum absolute atomic E-state index is 0.0966. The first-order valence-electron chi connectivity index (χ1n) is 10.2. The van der Waals surface area contributed by atoms with Crippen LogP contribution in [0.4, 0.5) is 5.69 Å². The van der Waals surface area contributed by atoms with Gasteiger partial charge >= 0.3 is 0 Å². The van der Waals surface area contributed by atoms with Crippen molar-refractivity contribution in [1.29, 1.82) is 0 Å². The smallest absolute Gasteiger partial charge is 0.258 e. The van der Waals surface area contributed by atoms with Crippen LogP contribution in [0.3, 0.4) is 0 Å². The number of pyridine rings is 1. The normalized spacial score (nSPS) is 16.8. The SMILES string of the molecule is Cc1cc(C(=O)N2CCCCC2C)ccc1NCc1cc(=O)n2ccccc2n1. The van der Waals surface area contributed by atoms with Gasteiger partial charge in [-0.3, -0.25) is 14.0 Å². The number of benzene rings is 1. The summed E-state index contributed by atoms with van der Waals surface area (Å²) in [7, 11) is 0. The average molecular weight is 390 g/mol. The van der Waals surface area contributed by atoms with Gasteiger partial charge in [-0.05, 0) is 69.0 Å². The number of aryl methyl sites for hydroxylation is 1. The van der Waals surface area contributed by atoms with Gasteiger partial charge in [-0.25, -0.2) is 4.98 Å². The van der Waals surface area contributed by atoms with Crippen LogP contribution in [-0.2, 0) is 6.54 Å². The first kappa shape index (κ1) is 19.2.